The molecule has 52 heavy (non-hydrogen) atoms. The molecule has 0 atom stereocenters. The van der Waals surface area contributed by atoms with E-state index in [4.69, 9.17) is 9.97 Å². The van der Waals surface area contributed by atoms with Crippen LogP contribution in [0.4, 0.5) is 0 Å². The van der Waals surface area contributed by atoms with Gasteiger partial charge in [0.1, 0.15) is 0 Å². The minimum atomic E-state index is -0.150. The lowest BCUT2D eigenvalue weighted by atomic mass is 9.84. The summed E-state index contributed by atoms with van der Waals surface area (Å²) in [6.45, 7) is 13.4. The molecule has 0 spiro atoms. The monoisotopic (exact) mass is 672 g/mol. The van der Waals surface area contributed by atoms with Gasteiger partial charge < -0.3 is 0 Å². The van der Waals surface area contributed by atoms with Crippen LogP contribution in [0.15, 0.2) is 158 Å². The van der Waals surface area contributed by atoms with Crippen LogP contribution in [0.5, 0.6) is 0 Å². The van der Waals surface area contributed by atoms with Gasteiger partial charge >= 0.3 is 0 Å². The number of rotatable bonds is 5. The number of hydrogen-bond acceptors (Lipinski definition) is 2. The molecule has 254 valence electrons. The average molecular weight is 673 g/mol. The summed E-state index contributed by atoms with van der Waals surface area (Å²) in [5.74, 6) is 0. The van der Waals surface area contributed by atoms with E-state index < -0.39 is 0 Å². The molecule has 0 fully saturated rings. The van der Waals surface area contributed by atoms with Gasteiger partial charge in [-0.3, -0.25) is 0 Å². The Kier molecular flexibility index (Phi) is 8.35. The molecule has 0 aliphatic rings. The maximum Gasteiger partial charge on any atom is 0.0974 e. The lowest BCUT2D eigenvalue weighted by molar-refractivity contribution is 0.570. The van der Waals surface area contributed by atoms with Crippen molar-refractivity contribution in [3.63, 3.8) is 0 Å². The molecule has 0 N–H and O–H groups in total. The normalized spacial score (nSPS) is 12.0. The molecule has 6 aromatic carbocycles. The fourth-order valence-corrected chi connectivity index (χ4v) is 7.17. The van der Waals surface area contributed by atoms with Crippen LogP contribution in [0.1, 0.15) is 52.9 Å². The fraction of sp³-hybridized carbons (Fsp3) is 0.160. The van der Waals surface area contributed by atoms with E-state index in [1.807, 2.05) is 0 Å². The molecular formula is C50H44N2. The van der Waals surface area contributed by atoms with Crippen LogP contribution in [0.2, 0.25) is 0 Å². The SMILES string of the molecule is CC(C)(C)c1ccc2ccc3c(-c4cccc(-c5cc(-c6ccccc6)c(-c6ccccc6)cc5-c5ccccc5)c4)cc(C(C)(C)C)nc3c2n1. The standard InChI is InChI=1S/C50H44N2/c1-49(2,3)45-28-26-36-25-27-39-44(32-46(50(4,5)6)52-48(39)47(36)51-45)38-24-16-23-37(29-38)43-31-41(34-19-12-8-13-20-34)40(33-17-10-7-11-18-33)30-42(43)35-21-14-9-15-22-35/h7-32H,1-6H3. The smallest absolute Gasteiger partial charge is 0.0974 e. The molecule has 0 saturated carbocycles. The third-order valence-corrected chi connectivity index (χ3v) is 10.1. The van der Waals surface area contributed by atoms with Crippen molar-refractivity contribution in [1.29, 1.82) is 0 Å². The van der Waals surface area contributed by atoms with Crippen molar-refractivity contribution in [3.8, 4) is 55.6 Å². The Bertz CT molecular complexity index is 2550. The lowest BCUT2D eigenvalue weighted by Crippen LogP contribution is -2.15. The zero-order valence-corrected chi connectivity index (χ0v) is 30.9. The minimum Gasteiger partial charge on any atom is -0.250 e. The van der Waals surface area contributed by atoms with Crippen molar-refractivity contribution in [2.75, 3.05) is 0 Å². The summed E-state index contributed by atoms with van der Waals surface area (Å²) in [5, 5.41) is 2.22. The number of fused-ring (bicyclic) bond motifs is 3. The first kappa shape index (κ1) is 33.3. The molecule has 0 amide bonds. The van der Waals surface area contributed by atoms with E-state index in [2.05, 4.69) is 199 Å². The Hall–Kier alpha value is -5.86. The predicted octanol–water partition coefficient (Wildman–Crippen LogP) is 13.7. The third-order valence-electron chi connectivity index (χ3n) is 10.1. The van der Waals surface area contributed by atoms with Gasteiger partial charge in [0.15, 0.2) is 0 Å². The molecule has 2 nitrogen and oxygen atoms in total. The summed E-state index contributed by atoms with van der Waals surface area (Å²) in [7, 11) is 0. The molecule has 0 radical (unpaired) electrons. The highest BCUT2D eigenvalue weighted by atomic mass is 14.8. The van der Waals surface area contributed by atoms with Gasteiger partial charge in [-0.25, -0.2) is 9.97 Å². The minimum absolute atomic E-state index is 0.0692. The van der Waals surface area contributed by atoms with Gasteiger partial charge in [0.2, 0.25) is 0 Å². The summed E-state index contributed by atoms with van der Waals surface area (Å²) >= 11 is 0. The summed E-state index contributed by atoms with van der Waals surface area (Å²) in [5.41, 5.74) is 15.8. The van der Waals surface area contributed by atoms with Crippen molar-refractivity contribution in [2.24, 2.45) is 0 Å². The molecule has 2 heterocycles. The van der Waals surface area contributed by atoms with Crippen LogP contribution in [-0.2, 0) is 10.8 Å². The largest absolute Gasteiger partial charge is 0.250 e. The molecule has 0 bridgehead atoms. The van der Waals surface area contributed by atoms with Crippen LogP contribution >= 0.6 is 0 Å². The number of benzene rings is 6. The molecule has 8 rings (SSSR count). The van der Waals surface area contributed by atoms with Gasteiger partial charge in [-0.05, 0) is 86.0 Å². The zero-order valence-electron chi connectivity index (χ0n) is 30.9. The molecular weight excluding hydrogens is 629 g/mol. The maximum atomic E-state index is 5.34. The van der Waals surface area contributed by atoms with Gasteiger partial charge in [-0.15, -0.1) is 0 Å². The van der Waals surface area contributed by atoms with Crippen molar-refractivity contribution >= 4 is 21.8 Å². The first-order valence-electron chi connectivity index (χ1n) is 18.3. The highest BCUT2D eigenvalue weighted by molar-refractivity contribution is 6.09. The Morgan fingerprint density at radius 3 is 1.25 bits per heavy atom. The zero-order chi connectivity index (χ0) is 36.0. The van der Waals surface area contributed by atoms with E-state index >= 15 is 0 Å². The van der Waals surface area contributed by atoms with Gasteiger partial charge in [0, 0.05) is 33.0 Å². The topological polar surface area (TPSA) is 25.8 Å². The quantitative estimate of drug-likeness (QED) is 0.170. The lowest BCUT2D eigenvalue weighted by Gasteiger charge is -2.22. The van der Waals surface area contributed by atoms with E-state index in [0.717, 1.165) is 38.8 Å². The number of aromatic nitrogens is 2. The van der Waals surface area contributed by atoms with E-state index in [1.165, 1.54) is 50.1 Å². The van der Waals surface area contributed by atoms with Crippen LogP contribution in [-0.4, -0.2) is 9.97 Å². The Morgan fingerprint density at radius 2 is 0.750 bits per heavy atom. The summed E-state index contributed by atoms with van der Waals surface area (Å²) in [6, 6.07) is 57.2. The Labute approximate surface area is 307 Å². The summed E-state index contributed by atoms with van der Waals surface area (Å²) < 4.78 is 0. The highest BCUT2D eigenvalue weighted by Gasteiger charge is 2.23. The molecule has 2 heteroatoms. The fourth-order valence-electron chi connectivity index (χ4n) is 7.17. The first-order chi connectivity index (χ1) is 25.0. The van der Waals surface area contributed by atoms with Gasteiger partial charge in [0.05, 0.1) is 11.0 Å². The van der Waals surface area contributed by atoms with E-state index in [0.29, 0.717) is 0 Å². The number of pyridine rings is 2. The summed E-state index contributed by atoms with van der Waals surface area (Å²) in [4.78, 5) is 10.6. The van der Waals surface area contributed by atoms with Gasteiger partial charge in [0.25, 0.3) is 0 Å². The molecule has 8 aromatic rings. The first-order valence-corrected chi connectivity index (χ1v) is 18.3. The van der Waals surface area contributed by atoms with E-state index in [1.54, 1.807) is 0 Å². The molecule has 2 aromatic heterocycles. The van der Waals surface area contributed by atoms with Crippen molar-refractivity contribution in [1.82, 2.24) is 9.97 Å². The molecule has 0 unspecified atom stereocenters. The van der Waals surface area contributed by atoms with Crippen molar-refractivity contribution in [2.45, 2.75) is 52.4 Å². The maximum absolute atomic E-state index is 5.34. The Balaban J connectivity index is 1.39. The van der Waals surface area contributed by atoms with E-state index in [9.17, 15) is 0 Å². The van der Waals surface area contributed by atoms with Gasteiger partial charge in [-0.2, -0.15) is 0 Å². The molecule has 0 aliphatic carbocycles. The van der Waals surface area contributed by atoms with Crippen LogP contribution in [0, 0.1) is 0 Å². The second-order valence-electron chi connectivity index (χ2n) is 15.9. The second-order valence-corrected chi connectivity index (χ2v) is 15.9. The van der Waals surface area contributed by atoms with Crippen LogP contribution in [0.25, 0.3) is 77.4 Å². The number of hydrogen-bond donors (Lipinski definition) is 0. The number of nitrogens with zero attached hydrogens (tertiary/aromatic N) is 2. The molecule has 0 aliphatic heterocycles. The van der Waals surface area contributed by atoms with Crippen molar-refractivity contribution < 1.29 is 0 Å². The molecule has 0 saturated heterocycles. The predicted molar refractivity (Wildman–Crippen MR) is 222 cm³/mol. The van der Waals surface area contributed by atoms with Crippen LogP contribution < -0.4 is 0 Å². The average Bonchev–Trinajstić information content (AvgIpc) is 3.17. The third kappa shape index (κ3) is 6.31. The highest BCUT2D eigenvalue weighted by Crippen LogP contribution is 2.44. The second kappa shape index (κ2) is 13.0. The van der Waals surface area contributed by atoms with Crippen LogP contribution in [0.3, 0.4) is 0 Å². The van der Waals surface area contributed by atoms with Gasteiger partial charge in [-0.1, -0.05) is 169 Å². The van der Waals surface area contributed by atoms with Crippen molar-refractivity contribution in [3.05, 3.63) is 169 Å². The van der Waals surface area contributed by atoms with E-state index in [-0.39, 0.29) is 10.8 Å². The Morgan fingerprint density at radius 1 is 0.327 bits per heavy atom. The summed E-state index contributed by atoms with van der Waals surface area (Å²) in [6.07, 6.45) is 0.